The van der Waals surface area contributed by atoms with Crippen LogP contribution in [0, 0.1) is 0 Å². The molecule has 3 aromatic rings. The van der Waals surface area contributed by atoms with Crippen molar-refractivity contribution in [2.75, 3.05) is 0 Å². The molecule has 0 aliphatic heterocycles. The Kier molecular flexibility index (Phi) is 3.79. The molecule has 21 heavy (non-hydrogen) atoms. The number of amides is 1. The van der Waals surface area contributed by atoms with E-state index < -0.39 is 0 Å². The molecule has 3 nitrogen and oxygen atoms in total. The zero-order valence-corrected chi connectivity index (χ0v) is 12.4. The summed E-state index contributed by atoms with van der Waals surface area (Å²) in [6, 6.07) is 19.2. The Bertz CT molecular complexity index is 817. The minimum absolute atomic E-state index is 0.215. The number of hydrogen-bond acceptors (Lipinski definition) is 2. The molecule has 2 aromatic carbocycles. The van der Waals surface area contributed by atoms with Gasteiger partial charge in [0.25, 0.3) is 5.91 Å². The van der Waals surface area contributed by atoms with Gasteiger partial charge in [-0.1, -0.05) is 48.5 Å². The number of aromatic nitrogens is 1. The minimum Gasteiger partial charge on any atom is -0.319 e. The van der Waals surface area contributed by atoms with E-state index in [1.54, 1.807) is 12.1 Å². The maximum absolute atomic E-state index is 12.1. The number of rotatable bonds is 2. The maximum atomic E-state index is 12.1. The number of thiazole rings is 1. The fourth-order valence-electron chi connectivity index (χ4n) is 2.07. The summed E-state index contributed by atoms with van der Waals surface area (Å²) in [6.45, 7) is 0. The molecule has 0 saturated carbocycles. The third kappa shape index (κ3) is 2.85. The highest BCUT2D eigenvalue weighted by Gasteiger charge is 2.07. The average Bonchev–Trinajstić information content (AvgIpc) is 2.90. The number of benzene rings is 2. The van der Waals surface area contributed by atoms with Crippen LogP contribution < -0.4 is 4.80 Å². The van der Waals surface area contributed by atoms with Crippen LogP contribution in [0.1, 0.15) is 10.4 Å². The fraction of sp³-hybridized carbons (Fsp3) is 0.0588. The minimum atomic E-state index is -0.215. The van der Waals surface area contributed by atoms with Gasteiger partial charge >= 0.3 is 0 Å². The Morgan fingerprint density at radius 2 is 1.62 bits per heavy atom. The predicted molar refractivity (Wildman–Crippen MR) is 85.1 cm³/mol. The second-order valence-electron chi connectivity index (χ2n) is 4.61. The van der Waals surface area contributed by atoms with Gasteiger partial charge in [0.1, 0.15) is 0 Å². The van der Waals surface area contributed by atoms with Crippen molar-refractivity contribution in [1.82, 2.24) is 4.57 Å². The highest BCUT2D eigenvalue weighted by Crippen LogP contribution is 2.18. The van der Waals surface area contributed by atoms with Gasteiger partial charge in [0.05, 0.1) is 5.69 Å². The summed E-state index contributed by atoms with van der Waals surface area (Å²) in [4.78, 5) is 17.1. The summed E-state index contributed by atoms with van der Waals surface area (Å²) in [7, 11) is 1.93. The van der Waals surface area contributed by atoms with Crippen LogP contribution in [-0.2, 0) is 7.05 Å². The monoisotopic (exact) mass is 294 g/mol. The lowest BCUT2D eigenvalue weighted by atomic mass is 10.2. The summed E-state index contributed by atoms with van der Waals surface area (Å²) in [5.41, 5.74) is 2.78. The molecule has 0 N–H and O–H groups in total. The zero-order valence-electron chi connectivity index (χ0n) is 11.6. The first-order chi connectivity index (χ1) is 10.3. The van der Waals surface area contributed by atoms with Crippen LogP contribution in [-0.4, -0.2) is 10.5 Å². The summed E-state index contributed by atoms with van der Waals surface area (Å²) in [6.07, 6.45) is 0. The highest BCUT2D eigenvalue weighted by atomic mass is 32.1. The summed E-state index contributed by atoms with van der Waals surface area (Å²) < 4.78 is 1.95. The van der Waals surface area contributed by atoms with Gasteiger partial charge in [-0.05, 0) is 17.7 Å². The molecule has 0 aliphatic rings. The van der Waals surface area contributed by atoms with E-state index >= 15 is 0 Å². The third-order valence-electron chi connectivity index (χ3n) is 3.21. The van der Waals surface area contributed by atoms with Crippen LogP contribution in [0.15, 0.2) is 71.0 Å². The first kappa shape index (κ1) is 13.5. The smallest absolute Gasteiger partial charge is 0.279 e. The van der Waals surface area contributed by atoms with E-state index in [0.29, 0.717) is 10.4 Å². The van der Waals surface area contributed by atoms with Crippen molar-refractivity contribution in [2.45, 2.75) is 0 Å². The molecular formula is C17H14N2OS. The lowest BCUT2D eigenvalue weighted by Gasteiger charge is -2.02. The van der Waals surface area contributed by atoms with Crippen LogP contribution >= 0.6 is 11.3 Å². The summed E-state index contributed by atoms with van der Waals surface area (Å²) >= 11 is 1.47. The van der Waals surface area contributed by atoms with Gasteiger partial charge in [0.2, 0.25) is 0 Å². The van der Waals surface area contributed by atoms with Gasteiger partial charge in [-0.25, -0.2) is 0 Å². The molecule has 0 spiro atoms. The average molecular weight is 294 g/mol. The molecule has 0 aliphatic carbocycles. The molecule has 1 aromatic heterocycles. The highest BCUT2D eigenvalue weighted by molar-refractivity contribution is 7.07. The van der Waals surface area contributed by atoms with Crippen LogP contribution in [0.4, 0.5) is 0 Å². The Hall–Kier alpha value is -2.46. The van der Waals surface area contributed by atoms with Crippen molar-refractivity contribution in [2.24, 2.45) is 12.0 Å². The van der Waals surface area contributed by atoms with E-state index in [4.69, 9.17) is 0 Å². The second-order valence-corrected chi connectivity index (χ2v) is 5.45. The van der Waals surface area contributed by atoms with Crippen molar-refractivity contribution in [3.05, 3.63) is 76.4 Å². The third-order valence-corrected chi connectivity index (χ3v) is 4.13. The Balaban J connectivity index is 2.00. The van der Waals surface area contributed by atoms with E-state index in [2.05, 4.69) is 4.99 Å². The SMILES string of the molecule is Cn1c(-c2ccccc2)cs/c1=N/C(=O)c1ccccc1. The van der Waals surface area contributed by atoms with Gasteiger partial charge in [-0.3, -0.25) is 4.79 Å². The number of carbonyl (C=O) groups is 1. The normalized spacial score (nSPS) is 11.6. The number of carbonyl (C=O) groups excluding carboxylic acids is 1. The molecule has 0 bridgehead atoms. The van der Waals surface area contributed by atoms with Crippen LogP contribution in [0.5, 0.6) is 0 Å². The molecule has 0 fully saturated rings. The van der Waals surface area contributed by atoms with Gasteiger partial charge in [-0.2, -0.15) is 4.99 Å². The van der Waals surface area contributed by atoms with E-state index in [1.165, 1.54) is 11.3 Å². The largest absolute Gasteiger partial charge is 0.319 e. The lowest BCUT2D eigenvalue weighted by Crippen LogP contribution is -2.14. The first-order valence-corrected chi connectivity index (χ1v) is 7.48. The maximum Gasteiger partial charge on any atom is 0.279 e. The van der Waals surface area contributed by atoms with Crippen LogP contribution in [0.2, 0.25) is 0 Å². The standard InChI is InChI=1S/C17H14N2OS/c1-19-15(13-8-4-2-5-9-13)12-21-17(19)18-16(20)14-10-6-3-7-11-14/h2-12H,1H3/b18-17+. The topological polar surface area (TPSA) is 34.4 Å². The van der Waals surface area contributed by atoms with E-state index in [0.717, 1.165) is 11.3 Å². The van der Waals surface area contributed by atoms with E-state index in [9.17, 15) is 4.79 Å². The first-order valence-electron chi connectivity index (χ1n) is 6.60. The molecule has 1 amide bonds. The predicted octanol–water partition coefficient (Wildman–Crippen LogP) is 3.49. The van der Waals surface area contributed by atoms with Crippen molar-refractivity contribution in [3.8, 4) is 11.3 Å². The van der Waals surface area contributed by atoms with Gasteiger partial charge in [0, 0.05) is 18.0 Å². The van der Waals surface area contributed by atoms with Crippen LogP contribution in [0.25, 0.3) is 11.3 Å². The van der Waals surface area contributed by atoms with Crippen molar-refractivity contribution >= 4 is 17.2 Å². The molecule has 0 saturated heterocycles. The van der Waals surface area contributed by atoms with Gasteiger partial charge in [-0.15, -0.1) is 11.3 Å². The van der Waals surface area contributed by atoms with E-state index in [1.807, 2.05) is 65.5 Å². The Morgan fingerprint density at radius 3 is 2.29 bits per heavy atom. The summed E-state index contributed by atoms with van der Waals surface area (Å²) in [5, 5.41) is 2.02. The number of nitrogens with zero attached hydrogens (tertiary/aromatic N) is 2. The van der Waals surface area contributed by atoms with Crippen molar-refractivity contribution in [1.29, 1.82) is 0 Å². The van der Waals surface area contributed by atoms with Crippen molar-refractivity contribution < 1.29 is 4.79 Å². The van der Waals surface area contributed by atoms with Gasteiger partial charge < -0.3 is 4.57 Å². The molecule has 0 unspecified atom stereocenters. The van der Waals surface area contributed by atoms with Crippen LogP contribution in [0.3, 0.4) is 0 Å². The molecule has 4 heteroatoms. The Morgan fingerprint density at radius 1 is 1.00 bits per heavy atom. The molecule has 1 heterocycles. The molecule has 104 valence electrons. The lowest BCUT2D eigenvalue weighted by molar-refractivity contribution is 0.0998. The van der Waals surface area contributed by atoms with Gasteiger partial charge in [0.15, 0.2) is 4.80 Å². The zero-order chi connectivity index (χ0) is 14.7. The number of hydrogen-bond donors (Lipinski definition) is 0. The Labute approximate surface area is 126 Å². The molecular weight excluding hydrogens is 280 g/mol. The molecule has 0 radical (unpaired) electrons. The molecule has 0 atom stereocenters. The van der Waals surface area contributed by atoms with Crippen molar-refractivity contribution in [3.63, 3.8) is 0 Å². The molecule has 3 rings (SSSR count). The van der Waals surface area contributed by atoms with E-state index in [-0.39, 0.29) is 5.91 Å². The summed E-state index contributed by atoms with van der Waals surface area (Å²) in [5.74, 6) is -0.215. The quantitative estimate of drug-likeness (QED) is 0.712. The second kappa shape index (κ2) is 5.89. The fourth-order valence-corrected chi connectivity index (χ4v) is 2.98.